The van der Waals surface area contributed by atoms with Crippen LogP contribution in [0.5, 0.6) is 0 Å². The van der Waals surface area contributed by atoms with Gasteiger partial charge in [0, 0.05) is 55.3 Å². The zero-order valence-corrected chi connectivity index (χ0v) is 28.7. The van der Waals surface area contributed by atoms with Gasteiger partial charge >= 0.3 is 0 Å². The van der Waals surface area contributed by atoms with Gasteiger partial charge in [-0.3, -0.25) is 4.98 Å². The van der Waals surface area contributed by atoms with Crippen molar-refractivity contribution >= 4 is 97.1 Å². The van der Waals surface area contributed by atoms with Gasteiger partial charge in [0.15, 0.2) is 0 Å². The van der Waals surface area contributed by atoms with Crippen molar-refractivity contribution in [2.24, 2.45) is 0 Å². The monoisotopic (exact) mass is 680 g/mol. The van der Waals surface area contributed by atoms with Crippen LogP contribution in [-0.2, 0) is 0 Å². The van der Waals surface area contributed by atoms with Gasteiger partial charge in [0.2, 0.25) is 0 Å². The minimum atomic E-state index is 1.07. The Labute approximate surface area is 301 Å². The number of hydrogen-bond donors (Lipinski definition) is 0. The molecule has 0 saturated heterocycles. The summed E-state index contributed by atoms with van der Waals surface area (Å²) in [5.74, 6) is 0. The number of para-hydroxylation sites is 4. The van der Waals surface area contributed by atoms with Crippen LogP contribution in [0.3, 0.4) is 0 Å². The third-order valence-corrected chi connectivity index (χ3v) is 12.1. The first kappa shape index (κ1) is 28.1. The molecule has 12 aromatic rings. The van der Waals surface area contributed by atoms with E-state index < -0.39 is 0 Å². The van der Waals surface area contributed by atoms with E-state index in [2.05, 4.69) is 171 Å². The molecule has 0 aliphatic carbocycles. The van der Waals surface area contributed by atoms with Crippen LogP contribution in [0.1, 0.15) is 0 Å². The standard InChI is InChI=1S/C47H28N4S/c1-5-16-38-31(11-1)32-12-2-6-17-39(32)49(38)29-22-24-42-36(27-29)33-13-3-7-18-40(33)50(42)30-23-25-43-37(28-30)34-14-4-8-19-41(34)51(43)44-20-9-15-35-46-45(52-47(35)44)21-10-26-48-46/h1-28H. The Morgan fingerprint density at radius 2 is 0.827 bits per heavy atom. The molecule has 0 fully saturated rings. The lowest BCUT2D eigenvalue weighted by Gasteiger charge is -2.12. The highest BCUT2D eigenvalue weighted by molar-refractivity contribution is 7.26. The second-order valence-corrected chi connectivity index (χ2v) is 14.6. The maximum absolute atomic E-state index is 4.75. The van der Waals surface area contributed by atoms with Gasteiger partial charge in [-0.1, -0.05) is 84.9 Å². The average molecular weight is 681 g/mol. The Morgan fingerprint density at radius 1 is 0.365 bits per heavy atom. The molecule has 0 atom stereocenters. The summed E-state index contributed by atoms with van der Waals surface area (Å²) in [5, 5.41) is 8.70. The number of fused-ring (bicyclic) bond motifs is 12. The number of thiophene rings is 1. The average Bonchev–Trinajstić information content (AvgIpc) is 3.94. The van der Waals surface area contributed by atoms with Crippen molar-refractivity contribution in [3.05, 3.63) is 170 Å². The number of rotatable bonds is 3. The van der Waals surface area contributed by atoms with Crippen molar-refractivity contribution in [1.82, 2.24) is 18.7 Å². The predicted molar refractivity (Wildman–Crippen MR) is 220 cm³/mol. The summed E-state index contributed by atoms with van der Waals surface area (Å²) in [6, 6.07) is 59.8. The summed E-state index contributed by atoms with van der Waals surface area (Å²) < 4.78 is 9.75. The molecule has 0 N–H and O–H groups in total. The molecule has 5 heteroatoms. The number of hydrogen-bond acceptors (Lipinski definition) is 2. The van der Waals surface area contributed by atoms with E-state index in [1.165, 1.54) is 85.9 Å². The second-order valence-electron chi connectivity index (χ2n) is 13.6. The highest BCUT2D eigenvalue weighted by atomic mass is 32.1. The van der Waals surface area contributed by atoms with Crippen molar-refractivity contribution in [3.8, 4) is 17.1 Å². The first-order chi connectivity index (χ1) is 25.8. The largest absolute Gasteiger partial charge is 0.309 e. The zero-order chi connectivity index (χ0) is 33.9. The van der Waals surface area contributed by atoms with E-state index in [-0.39, 0.29) is 0 Å². The van der Waals surface area contributed by atoms with E-state index in [0.717, 1.165) is 16.9 Å². The van der Waals surface area contributed by atoms with E-state index in [1.807, 2.05) is 23.6 Å². The normalized spacial score (nSPS) is 12.2. The first-order valence-electron chi connectivity index (χ1n) is 17.6. The van der Waals surface area contributed by atoms with Gasteiger partial charge in [-0.2, -0.15) is 0 Å². The molecule has 0 amide bonds. The number of aromatic nitrogens is 4. The molecule has 0 aliphatic rings. The fourth-order valence-electron chi connectivity index (χ4n) is 8.72. The Bertz CT molecular complexity index is 3370. The molecule has 5 aromatic heterocycles. The van der Waals surface area contributed by atoms with E-state index >= 15 is 0 Å². The summed E-state index contributed by atoms with van der Waals surface area (Å²) in [6.07, 6.45) is 1.89. The summed E-state index contributed by atoms with van der Waals surface area (Å²) in [6.45, 7) is 0. The molecule has 5 heterocycles. The van der Waals surface area contributed by atoms with E-state index in [4.69, 9.17) is 4.98 Å². The molecular weight excluding hydrogens is 653 g/mol. The molecule has 52 heavy (non-hydrogen) atoms. The SMILES string of the molecule is c1cnc2c(c1)sc1c(-n3c4ccccc4c4cc(-n5c6ccccc6c6cc(-n7c8ccccc8c8ccccc87)ccc65)ccc43)cccc12. The maximum atomic E-state index is 4.75. The lowest BCUT2D eigenvalue weighted by atomic mass is 10.1. The minimum absolute atomic E-state index is 1.07. The maximum Gasteiger partial charge on any atom is 0.0889 e. The molecule has 7 aromatic carbocycles. The van der Waals surface area contributed by atoms with Crippen LogP contribution in [0.15, 0.2) is 170 Å². The molecule has 0 aliphatic heterocycles. The number of pyridine rings is 1. The van der Waals surface area contributed by atoms with Gasteiger partial charge in [-0.15, -0.1) is 11.3 Å². The van der Waals surface area contributed by atoms with Gasteiger partial charge in [0.25, 0.3) is 0 Å². The van der Waals surface area contributed by atoms with Gasteiger partial charge in [0.1, 0.15) is 0 Å². The number of benzene rings is 7. The highest BCUT2D eigenvalue weighted by Gasteiger charge is 2.20. The Balaban J connectivity index is 1.10. The third-order valence-electron chi connectivity index (χ3n) is 10.9. The first-order valence-corrected chi connectivity index (χ1v) is 18.5. The molecule has 0 spiro atoms. The van der Waals surface area contributed by atoms with E-state index in [0.29, 0.717) is 0 Å². The van der Waals surface area contributed by atoms with Crippen LogP contribution in [0, 0.1) is 0 Å². The molecule has 0 unspecified atom stereocenters. The Kier molecular flexibility index (Phi) is 5.62. The van der Waals surface area contributed by atoms with Crippen molar-refractivity contribution in [2.45, 2.75) is 0 Å². The lowest BCUT2D eigenvalue weighted by Crippen LogP contribution is -1.97. The van der Waals surface area contributed by atoms with Crippen molar-refractivity contribution in [1.29, 1.82) is 0 Å². The quantitative estimate of drug-likeness (QED) is 0.182. The predicted octanol–water partition coefficient (Wildman–Crippen LogP) is 12.7. The van der Waals surface area contributed by atoms with Gasteiger partial charge in [-0.05, 0) is 78.9 Å². The summed E-state index contributed by atoms with van der Waals surface area (Å²) in [5.41, 5.74) is 11.8. The van der Waals surface area contributed by atoms with Crippen molar-refractivity contribution in [3.63, 3.8) is 0 Å². The Hall–Kier alpha value is -6.69. The van der Waals surface area contributed by atoms with Crippen LogP contribution in [0.25, 0.3) is 103 Å². The summed E-state index contributed by atoms with van der Waals surface area (Å²) >= 11 is 1.82. The van der Waals surface area contributed by atoms with Gasteiger partial charge in [-0.25, -0.2) is 0 Å². The Morgan fingerprint density at radius 3 is 1.40 bits per heavy atom. The molecule has 0 bridgehead atoms. The molecular formula is C47H28N4S. The van der Waals surface area contributed by atoms with E-state index in [9.17, 15) is 0 Å². The second kappa shape index (κ2) is 10.4. The van der Waals surface area contributed by atoms with Crippen LogP contribution in [0.2, 0.25) is 0 Å². The fourth-order valence-corrected chi connectivity index (χ4v) is 9.88. The summed E-state index contributed by atoms with van der Waals surface area (Å²) in [7, 11) is 0. The topological polar surface area (TPSA) is 27.7 Å². The lowest BCUT2D eigenvalue weighted by molar-refractivity contribution is 1.16. The molecule has 0 radical (unpaired) electrons. The van der Waals surface area contributed by atoms with Crippen LogP contribution < -0.4 is 0 Å². The van der Waals surface area contributed by atoms with Crippen LogP contribution in [0.4, 0.5) is 0 Å². The molecule has 12 rings (SSSR count). The fraction of sp³-hybridized carbons (Fsp3) is 0. The smallest absolute Gasteiger partial charge is 0.0889 e. The van der Waals surface area contributed by atoms with E-state index in [1.54, 1.807) is 0 Å². The highest BCUT2D eigenvalue weighted by Crippen LogP contribution is 2.42. The zero-order valence-electron chi connectivity index (χ0n) is 27.9. The molecule has 4 nitrogen and oxygen atoms in total. The van der Waals surface area contributed by atoms with Crippen molar-refractivity contribution < 1.29 is 0 Å². The van der Waals surface area contributed by atoms with Crippen molar-refractivity contribution in [2.75, 3.05) is 0 Å². The molecule has 242 valence electrons. The minimum Gasteiger partial charge on any atom is -0.309 e. The molecule has 0 saturated carbocycles. The van der Waals surface area contributed by atoms with Crippen LogP contribution >= 0.6 is 11.3 Å². The summed E-state index contributed by atoms with van der Waals surface area (Å²) in [4.78, 5) is 4.75. The van der Waals surface area contributed by atoms with Crippen LogP contribution in [-0.4, -0.2) is 18.7 Å². The third kappa shape index (κ3) is 3.72. The van der Waals surface area contributed by atoms with Gasteiger partial charge in [0.05, 0.1) is 53.7 Å². The van der Waals surface area contributed by atoms with Gasteiger partial charge < -0.3 is 13.7 Å². The number of nitrogens with zero attached hydrogens (tertiary/aromatic N) is 4.